The van der Waals surface area contributed by atoms with Crippen LogP contribution < -0.4 is 19.5 Å². The molecule has 2 heterocycles. The lowest BCUT2D eigenvalue weighted by Gasteiger charge is -2.37. The number of carbonyl (C=O) groups is 1. The Labute approximate surface area is 182 Å². The number of nitrogens with one attached hydrogen (secondary N) is 1. The Bertz CT molecular complexity index is 1050. The van der Waals surface area contributed by atoms with Crippen LogP contribution in [0.4, 0.5) is 10.5 Å². The first-order valence-electron chi connectivity index (χ1n) is 10.3. The third-order valence-corrected chi connectivity index (χ3v) is 5.44. The summed E-state index contributed by atoms with van der Waals surface area (Å²) >= 11 is 0. The molecule has 1 unspecified atom stereocenters. The molecule has 0 bridgehead atoms. The van der Waals surface area contributed by atoms with E-state index >= 15 is 0 Å². The lowest BCUT2D eigenvalue weighted by Crippen LogP contribution is -2.44. The largest absolute Gasteiger partial charge is 0.494 e. The molecule has 3 aromatic rings. The molecule has 4 rings (SSSR count). The van der Waals surface area contributed by atoms with Gasteiger partial charge in [0.25, 0.3) is 0 Å². The number of nitrogens with zero attached hydrogens (tertiary/aromatic N) is 2. The van der Waals surface area contributed by atoms with Gasteiger partial charge in [-0.15, -0.1) is 0 Å². The lowest BCUT2D eigenvalue weighted by molar-refractivity contribution is 0.181. The van der Waals surface area contributed by atoms with E-state index in [1.54, 1.807) is 14.2 Å². The minimum atomic E-state index is -0.244. The molecule has 2 aromatic carbocycles. The summed E-state index contributed by atoms with van der Waals surface area (Å²) in [6, 6.07) is 16.9. The Morgan fingerprint density at radius 2 is 1.81 bits per heavy atom. The second kappa shape index (κ2) is 9.04. The zero-order valence-electron chi connectivity index (χ0n) is 18.0. The molecule has 1 N–H and O–H groups in total. The van der Waals surface area contributed by atoms with Crippen LogP contribution in [-0.4, -0.2) is 42.9 Å². The van der Waals surface area contributed by atoms with E-state index in [2.05, 4.69) is 16.0 Å². The average Bonchev–Trinajstić information content (AvgIpc) is 3.28. The summed E-state index contributed by atoms with van der Waals surface area (Å²) < 4.78 is 18.5. The number of ether oxygens (including phenoxy) is 3. The van der Waals surface area contributed by atoms with E-state index in [1.165, 1.54) is 0 Å². The van der Waals surface area contributed by atoms with Crippen molar-refractivity contribution in [2.45, 2.75) is 19.5 Å². The molecule has 31 heavy (non-hydrogen) atoms. The fourth-order valence-electron chi connectivity index (χ4n) is 3.97. The summed E-state index contributed by atoms with van der Waals surface area (Å²) in [6.45, 7) is 3.87. The van der Waals surface area contributed by atoms with Crippen molar-refractivity contribution in [3.05, 3.63) is 72.1 Å². The van der Waals surface area contributed by atoms with Crippen LogP contribution >= 0.6 is 0 Å². The number of carbonyl (C=O) groups excluding carboxylic acids is 1. The summed E-state index contributed by atoms with van der Waals surface area (Å²) in [6.07, 6.45) is 2.05. The summed E-state index contributed by atoms with van der Waals surface area (Å²) in [5.41, 5.74) is 2.74. The Balaban J connectivity index is 1.63. The van der Waals surface area contributed by atoms with E-state index in [4.69, 9.17) is 14.2 Å². The highest BCUT2D eigenvalue weighted by Crippen LogP contribution is 2.37. The van der Waals surface area contributed by atoms with Gasteiger partial charge in [0.2, 0.25) is 0 Å². The number of fused-ring (bicyclic) bond motifs is 1. The van der Waals surface area contributed by atoms with Crippen LogP contribution in [0.25, 0.3) is 0 Å². The maximum absolute atomic E-state index is 13.3. The maximum Gasteiger partial charge on any atom is 0.322 e. The van der Waals surface area contributed by atoms with Gasteiger partial charge in [0.1, 0.15) is 5.75 Å². The Morgan fingerprint density at radius 3 is 2.52 bits per heavy atom. The third kappa shape index (κ3) is 4.17. The second-order valence-electron chi connectivity index (χ2n) is 7.22. The molecule has 7 heteroatoms. The quantitative estimate of drug-likeness (QED) is 0.635. The molecule has 0 spiro atoms. The molecule has 2 amide bonds. The van der Waals surface area contributed by atoms with Crippen molar-refractivity contribution in [2.24, 2.45) is 0 Å². The fraction of sp³-hybridized carbons (Fsp3) is 0.292. The predicted octanol–water partition coefficient (Wildman–Crippen LogP) is 4.54. The number of urea groups is 1. The first kappa shape index (κ1) is 20.7. The van der Waals surface area contributed by atoms with Gasteiger partial charge < -0.3 is 29.0 Å². The van der Waals surface area contributed by atoms with Gasteiger partial charge in [-0.1, -0.05) is 6.07 Å². The van der Waals surface area contributed by atoms with Crippen LogP contribution in [0.1, 0.15) is 24.2 Å². The number of methoxy groups -OCH3 is 2. The number of hydrogen-bond acceptors (Lipinski definition) is 4. The van der Waals surface area contributed by atoms with Crippen molar-refractivity contribution < 1.29 is 19.0 Å². The van der Waals surface area contributed by atoms with Gasteiger partial charge in [0.05, 0.1) is 26.9 Å². The number of aromatic nitrogens is 1. The molecule has 1 aliphatic rings. The number of hydrogen-bond donors (Lipinski definition) is 1. The van der Waals surface area contributed by atoms with Gasteiger partial charge in [0, 0.05) is 30.7 Å². The highest BCUT2D eigenvalue weighted by Gasteiger charge is 2.32. The van der Waals surface area contributed by atoms with E-state index in [-0.39, 0.29) is 12.1 Å². The van der Waals surface area contributed by atoms with Crippen molar-refractivity contribution in [2.75, 3.05) is 32.7 Å². The number of benzene rings is 2. The third-order valence-electron chi connectivity index (χ3n) is 5.44. The van der Waals surface area contributed by atoms with Gasteiger partial charge in [0.15, 0.2) is 11.5 Å². The SMILES string of the molecule is CCOc1ccc(NC(=O)N2CCn3cccc3C2c2ccc(OC)c(OC)c2)cc1. The van der Waals surface area contributed by atoms with E-state index in [0.717, 1.165) is 29.2 Å². The molecule has 162 valence electrons. The van der Waals surface area contributed by atoms with Crippen LogP contribution in [0.5, 0.6) is 17.2 Å². The highest BCUT2D eigenvalue weighted by atomic mass is 16.5. The van der Waals surface area contributed by atoms with Gasteiger partial charge in [-0.05, 0) is 61.0 Å². The molecule has 1 aliphatic heterocycles. The molecule has 0 fully saturated rings. The van der Waals surface area contributed by atoms with E-state index in [1.807, 2.05) is 66.6 Å². The first-order valence-corrected chi connectivity index (χ1v) is 10.3. The molecule has 0 saturated heterocycles. The molecule has 1 atom stereocenters. The normalized spacial score (nSPS) is 15.2. The number of anilines is 1. The fourth-order valence-corrected chi connectivity index (χ4v) is 3.97. The Hall–Kier alpha value is -3.61. The molecule has 0 radical (unpaired) electrons. The van der Waals surface area contributed by atoms with Crippen molar-refractivity contribution in [3.63, 3.8) is 0 Å². The minimum absolute atomic E-state index is 0.156. The monoisotopic (exact) mass is 421 g/mol. The van der Waals surface area contributed by atoms with Gasteiger partial charge >= 0.3 is 6.03 Å². The molecule has 0 saturated carbocycles. The van der Waals surface area contributed by atoms with Crippen LogP contribution in [0.15, 0.2) is 60.8 Å². The Kier molecular flexibility index (Phi) is 6.02. The van der Waals surface area contributed by atoms with Crippen molar-refractivity contribution >= 4 is 11.7 Å². The highest BCUT2D eigenvalue weighted by molar-refractivity contribution is 5.90. The summed E-state index contributed by atoms with van der Waals surface area (Å²) in [7, 11) is 3.22. The van der Waals surface area contributed by atoms with Crippen molar-refractivity contribution in [1.29, 1.82) is 0 Å². The summed E-state index contributed by atoms with van der Waals surface area (Å²) in [4.78, 5) is 15.1. The van der Waals surface area contributed by atoms with Crippen LogP contribution in [0.2, 0.25) is 0 Å². The zero-order valence-corrected chi connectivity index (χ0v) is 18.0. The van der Waals surface area contributed by atoms with Crippen molar-refractivity contribution in [3.8, 4) is 17.2 Å². The van der Waals surface area contributed by atoms with Crippen LogP contribution in [0, 0.1) is 0 Å². The van der Waals surface area contributed by atoms with Gasteiger partial charge in [-0.2, -0.15) is 0 Å². The predicted molar refractivity (Wildman–Crippen MR) is 119 cm³/mol. The van der Waals surface area contributed by atoms with Gasteiger partial charge in [-0.3, -0.25) is 0 Å². The van der Waals surface area contributed by atoms with E-state index in [0.29, 0.717) is 24.7 Å². The van der Waals surface area contributed by atoms with E-state index < -0.39 is 0 Å². The average molecular weight is 421 g/mol. The number of rotatable bonds is 6. The van der Waals surface area contributed by atoms with Crippen molar-refractivity contribution in [1.82, 2.24) is 9.47 Å². The topological polar surface area (TPSA) is 65.0 Å². The lowest BCUT2D eigenvalue weighted by atomic mass is 9.99. The summed E-state index contributed by atoms with van der Waals surface area (Å²) in [5.74, 6) is 2.07. The number of amides is 2. The smallest absolute Gasteiger partial charge is 0.322 e. The van der Waals surface area contributed by atoms with Crippen LogP contribution in [-0.2, 0) is 6.54 Å². The first-order chi connectivity index (χ1) is 15.1. The standard InChI is InChI=1S/C24H27N3O4/c1-4-31-19-10-8-18(9-11-19)25-24(28)27-15-14-26-13-5-6-20(26)23(27)17-7-12-21(29-2)22(16-17)30-3/h5-13,16,23H,4,14-15H2,1-3H3,(H,25,28). The minimum Gasteiger partial charge on any atom is -0.494 e. The molecule has 1 aromatic heterocycles. The molecule has 7 nitrogen and oxygen atoms in total. The maximum atomic E-state index is 13.3. The Morgan fingerprint density at radius 1 is 1.03 bits per heavy atom. The second-order valence-corrected chi connectivity index (χ2v) is 7.22. The molecular formula is C24H27N3O4. The molecular weight excluding hydrogens is 394 g/mol. The summed E-state index contributed by atoms with van der Waals surface area (Å²) in [5, 5.41) is 3.02. The zero-order chi connectivity index (χ0) is 21.8. The molecule has 0 aliphatic carbocycles. The van der Waals surface area contributed by atoms with Gasteiger partial charge in [-0.25, -0.2) is 4.79 Å². The van der Waals surface area contributed by atoms with E-state index in [9.17, 15) is 4.79 Å². The van der Waals surface area contributed by atoms with Crippen LogP contribution in [0.3, 0.4) is 0 Å².